The molecule has 23 heavy (non-hydrogen) atoms. The molecule has 1 amide bonds. The standard InChI is InChI=1S/C17H22ClNO4/c1-12(9-13-3-2-4-14(18)10-13)15(20)19-11-17(16(21)22)5-7-23-8-6-17/h2-4,10,12H,5-9,11H2,1H3,(H,19,20)(H,21,22). The summed E-state index contributed by atoms with van der Waals surface area (Å²) in [6, 6.07) is 7.40. The second-order valence-electron chi connectivity index (χ2n) is 6.15. The van der Waals surface area contributed by atoms with Gasteiger partial charge in [-0.1, -0.05) is 30.7 Å². The molecular formula is C17H22ClNO4. The zero-order chi connectivity index (χ0) is 16.9. The van der Waals surface area contributed by atoms with Crippen molar-refractivity contribution in [2.75, 3.05) is 19.8 Å². The normalized spacial score (nSPS) is 18.2. The third-order valence-electron chi connectivity index (χ3n) is 4.38. The maximum atomic E-state index is 12.3. The molecule has 1 saturated heterocycles. The molecule has 0 bridgehead atoms. The molecule has 0 radical (unpaired) electrons. The molecule has 126 valence electrons. The molecule has 1 aromatic carbocycles. The maximum absolute atomic E-state index is 12.3. The first-order chi connectivity index (χ1) is 10.9. The highest BCUT2D eigenvalue weighted by atomic mass is 35.5. The topological polar surface area (TPSA) is 75.6 Å². The number of carboxylic acid groups (broad SMARTS) is 1. The van der Waals surface area contributed by atoms with Crippen LogP contribution < -0.4 is 5.32 Å². The number of hydrogen-bond donors (Lipinski definition) is 2. The van der Waals surface area contributed by atoms with E-state index in [0.717, 1.165) is 5.56 Å². The van der Waals surface area contributed by atoms with Gasteiger partial charge in [0, 0.05) is 30.7 Å². The van der Waals surface area contributed by atoms with Crippen molar-refractivity contribution >= 4 is 23.5 Å². The second kappa shape index (κ2) is 7.79. The minimum atomic E-state index is -0.913. The molecule has 1 aromatic rings. The number of carbonyl (C=O) groups is 2. The number of carboxylic acids is 1. The van der Waals surface area contributed by atoms with E-state index in [4.69, 9.17) is 16.3 Å². The van der Waals surface area contributed by atoms with Crippen LogP contribution in [0.15, 0.2) is 24.3 Å². The van der Waals surface area contributed by atoms with Gasteiger partial charge in [-0.3, -0.25) is 9.59 Å². The zero-order valence-corrected chi connectivity index (χ0v) is 13.9. The Balaban J connectivity index is 1.91. The van der Waals surface area contributed by atoms with E-state index >= 15 is 0 Å². The van der Waals surface area contributed by atoms with Gasteiger partial charge in [-0.05, 0) is 37.0 Å². The van der Waals surface area contributed by atoms with Crippen LogP contribution in [0.3, 0.4) is 0 Å². The molecule has 1 unspecified atom stereocenters. The maximum Gasteiger partial charge on any atom is 0.311 e. The average molecular weight is 340 g/mol. The fourth-order valence-corrected chi connectivity index (χ4v) is 2.98. The predicted molar refractivity (Wildman–Crippen MR) is 87.5 cm³/mol. The van der Waals surface area contributed by atoms with Gasteiger partial charge in [0.05, 0.1) is 5.41 Å². The summed E-state index contributed by atoms with van der Waals surface area (Å²) in [5.74, 6) is -1.26. The Bertz CT molecular complexity index is 569. The molecule has 1 fully saturated rings. The lowest BCUT2D eigenvalue weighted by molar-refractivity contribution is -0.154. The monoisotopic (exact) mass is 339 g/mol. The van der Waals surface area contributed by atoms with Crippen LogP contribution >= 0.6 is 11.6 Å². The van der Waals surface area contributed by atoms with E-state index in [-0.39, 0.29) is 18.4 Å². The number of rotatable bonds is 6. The Morgan fingerprint density at radius 1 is 1.39 bits per heavy atom. The Morgan fingerprint density at radius 2 is 2.09 bits per heavy atom. The smallest absolute Gasteiger partial charge is 0.311 e. The van der Waals surface area contributed by atoms with Crippen molar-refractivity contribution in [3.05, 3.63) is 34.9 Å². The number of ether oxygens (including phenoxy) is 1. The van der Waals surface area contributed by atoms with Crippen LogP contribution in [0.25, 0.3) is 0 Å². The molecule has 2 N–H and O–H groups in total. The number of halogens is 1. The van der Waals surface area contributed by atoms with Crippen molar-refractivity contribution in [1.29, 1.82) is 0 Å². The molecular weight excluding hydrogens is 318 g/mol. The minimum absolute atomic E-state index is 0.142. The molecule has 1 heterocycles. The van der Waals surface area contributed by atoms with Crippen LogP contribution in [0.2, 0.25) is 5.02 Å². The molecule has 0 spiro atoms. The Labute approximate surface area is 141 Å². The highest BCUT2D eigenvalue weighted by molar-refractivity contribution is 6.30. The number of aliphatic carboxylic acids is 1. The van der Waals surface area contributed by atoms with Crippen molar-refractivity contribution in [2.45, 2.75) is 26.2 Å². The van der Waals surface area contributed by atoms with Crippen LogP contribution in [-0.2, 0) is 20.7 Å². The summed E-state index contributed by atoms with van der Waals surface area (Å²) in [4.78, 5) is 23.8. The number of amides is 1. The SMILES string of the molecule is CC(Cc1cccc(Cl)c1)C(=O)NCC1(C(=O)O)CCOCC1. The van der Waals surface area contributed by atoms with Gasteiger partial charge in [-0.15, -0.1) is 0 Å². The lowest BCUT2D eigenvalue weighted by Gasteiger charge is -2.33. The summed E-state index contributed by atoms with van der Waals surface area (Å²) in [5, 5.41) is 12.9. The van der Waals surface area contributed by atoms with E-state index < -0.39 is 11.4 Å². The highest BCUT2D eigenvalue weighted by Crippen LogP contribution is 2.30. The van der Waals surface area contributed by atoms with Crippen LogP contribution in [0.1, 0.15) is 25.3 Å². The van der Waals surface area contributed by atoms with Gasteiger partial charge in [-0.25, -0.2) is 0 Å². The zero-order valence-electron chi connectivity index (χ0n) is 13.2. The largest absolute Gasteiger partial charge is 0.481 e. The van der Waals surface area contributed by atoms with E-state index in [1.165, 1.54) is 0 Å². The average Bonchev–Trinajstić information content (AvgIpc) is 2.53. The number of carbonyl (C=O) groups excluding carboxylic acids is 1. The lowest BCUT2D eigenvalue weighted by atomic mass is 9.80. The van der Waals surface area contributed by atoms with Crippen molar-refractivity contribution < 1.29 is 19.4 Å². The van der Waals surface area contributed by atoms with Gasteiger partial charge in [0.15, 0.2) is 0 Å². The summed E-state index contributed by atoms with van der Waals surface area (Å²) in [6.45, 7) is 2.80. The summed E-state index contributed by atoms with van der Waals surface area (Å²) < 4.78 is 5.23. The van der Waals surface area contributed by atoms with Crippen molar-refractivity contribution in [2.24, 2.45) is 11.3 Å². The van der Waals surface area contributed by atoms with E-state index in [1.807, 2.05) is 25.1 Å². The number of hydrogen-bond acceptors (Lipinski definition) is 3. The molecule has 5 nitrogen and oxygen atoms in total. The highest BCUT2D eigenvalue weighted by Gasteiger charge is 2.40. The fraction of sp³-hybridized carbons (Fsp3) is 0.529. The molecule has 0 saturated carbocycles. The summed E-state index contributed by atoms with van der Waals surface area (Å²) in [5.41, 5.74) is 0.0723. The van der Waals surface area contributed by atoms with Crippen LogP contribution in [-0.4, -0.2) is 36.7 Å². The van der Waals surface area contributed by atoms with E-state index in [1.54, 1.807) is 6.07 Å². The molecule has 2 rings (SSSR count). The first-order valence-corrected chi connectivity index (χ1v) is 8.14. The third-order valence-corrected chi connectivity index (χ3v) is 4.62. The van der Waals surface area contributed by atoms with E-state index in [9.17, 15) is 14.7 Å². The van der Waals surface area contributed by atoms with Gasteiger partial charge < -0.3 is 15.2 Å². The molecule has 0 aliphatic carbocycles. The van der Waals surface area contributed by atoms with Crippen LogP contribution in [0.4, 0.5) is 0 Å². The summed E-state index contributed by atoms with van der Waals surface area (Å²) in [7, 11) is 0. The van der Waals surface area contributed by atoms with E-state index in [2.05, 4.69) is 5.32 Å². The van der Waals surface area contributed by atoms with Crippen LogP contribution in [0, 0.1) is 11.3 Å². The van der Waals surface area contributed by atoms with Crippen molar-refractivity contribution in [1.82, 2.24) is 5.32 Å². The Morgan fingerprint density at radius 3 is 2.70 bits per heavy atom. The fourth-order valence-electron chi connectivity index (χ4n) is 2.77. The van der Waals surface area contributed by atoms with Gasteiger partial charge in [0.1, 0.15) is 0 Å². The Kier molecular flexibility index (Phi) is 6.02. The second-order valence-corrected chi connectivity index (χ2v) is 6.59. The Hall–Kier alpha value is -1.59. The number of benzene rings is 1. The molecule has 6 heteroatoms. The van der Waals surface area contributed by atoms with E-state index in [0.29, 0.717) is 37.5 Å². The molecule has 1 atom stereocenters. The van der Waals surface area contributed by atoms with Gasteiger partial charge in [-0.2, -0.15) is 0 Å². The minimum Gasteiger partial charge on any atom is -0.481 e. The van der Waals surface area contributed by atoms with Crippen molar-refractivity contribution in [3.8, 4) is 0 Å². The van der Waals surface area contributed by atoms with Gasteiger partial charge in [0.25, 0.3) is 0 Å². The number of nitrogens with one attached hydrogen (secondary N) is 1. The molecule has 1 aliphatic heterocycles. The van der Waals surface area contributed by atoms with Crippen LogP contribution in [0.5, 0.6) is 0 Å². The van der Waals surface area contributed by atoms with Gasteiger partial charge in [0.2, 0.25) is 5.91 Å². The lowest BCUT2D eigenvalue weighted by Crippen LogP contribution is -2.47. The first-order valence-electron chi connectivity index (χ1n) is 7.76. The predicted octanol–water partition coefficient (Wildman–Crippen LogP) is 2.52. The quantitative estimate of drug-likeness (QED) is 0.835. The third kappa shape index (κ3) is 4.69. The van der Waals surface area contributed by atoms with Crippen molar-refractivity contribution in [3.63, 3.8) is 0 Å². The first kappa shape index (κ1) is 17.8. The molecule has 0 aromatic heterocycles. The summed E-state index contributed by atoms with van der Waals surface area (Å²) >= 11 is 5.95. The van der Waals surface area contributed by atoms with Gasteiger partial charge >= 0.3 is 5.97 Å². The molecule has 1 aliphatic rings. The summed E-state index contributed by atoms with van der Waals surface area (Å²) in [6.07, 6.45) is 1.41.